The maximum Gasteiger partial charge on any atom is 0.306 e. The third kappa shape index (κ3) is 6.54. The molecule has 11 heteroatoms. The third-order valence-electron chi connectivity index (χ3n) is 5.32. The van der Waals surface area contributed by atoms with E-state index in [4.69, 9.17) is 0 Å². The van der Waals surface area contributed by atoms with E-state index in [9.17, 15) is 14.9 Å². The van der Waals surface area contributed by atoms with Gasteiger partial charge in [-0.25, -0.2) is 0 Å². The predicted molar refractivity (Wildman–Crippen MR) is 120 cm³/mol. The van der Waals surface area contributed by atoms with Gasteiger partial charge in [0.1, 0.15) is 12.4 Å². The number of hydrogen-bond acceptors (Lipinski definition) is 5. The van der Waals surface area contributed by atoms with Gasteiger partial charge in [-0.15, -0.1) is 24.0 Å². The van der Waals surface area contributed by atoms with Gasteiger partial charge >= 0.3 is 5.69 Å². The largest absolute Gasteiger partial charge is 0.357 e. The fraction of sp³-hybridized carbons (Fsp3) is 0.722. The predicted octanol–water partition coefficient (Wildman–Crippen LogP) is 1.76. The lowest BCUT2D eigenvalue weighted by atomic mass is 10.1. The summed E-state index contributed by atoms with van der Waals surface area (Å²) in [7, 11) is 0. The monoisotopic (exact) mass is 519 g/mol. The lowest BCUT2D eigenvalue weighted by Crippen LogP contribution is -2.45. The molecule has 0 spiro atoms. The second-order valence-electron chi connectivity index (χ2n) is 7.37. The van der Waals surface area contributed by atoms with Crippen molar-refractivity contribution in [2.45, 2.75) is 51.6 Å². The Morgan fingerprint density at radius 1 is 1.38 bits per heavy atom. The van der Waals surface area contributed by atoms with E-state index >= 15 is 0 Å². The number of likely N-dealkylation sites (tertiary alicyclic amines) is 1. The third-order valence-corrected chi connectivity index (χ3v) is 5.32. The van der Waals surface area contributed by atoms with Gasteiger partial charge in [0.05, 0.1) is 18.0 Å². The number of nitro groups is 1. The number of carbonyl (C=O) groups is 1. The molecule has 3 rings (SSSR count). The first kappa shape index (κ1) is 23.4. The Morgan fingerprint density at radius 2 is 2.14 bits per heavy atom. The average Bonchev–Trinajstić information content (AvgIpc) is 3.43. The van der Waals surface area contributed by atoms with E-state index in [0.717, 1.165) is 32.4 Å². The molecule has 1 aliphatic heterocycles. The summed E-state index contributed by atoms with van der Waals surface area (Å²) in [5.74, 6) is 1.23. The van der Waals surface area contributed by atoms with Gasteiger partial charge < -0.3 is 15.5 Å². The molecular weight excluding hydrogens is 489 g/mol. The van der Waals surface area contributed by atoms with Crippen molar-refractivity contribution < 1.29 is 9.72 Å². The minimum absolute atomic E-state index is 0. The number of guanidine groups is 1. The summed E-state index contributed by atoms with van der Waals surface area (Å²) in [6.07, 6.45) is 7.95. The molecule has 1 atom stereocenters. The van der Waals surface area contributed by atoms with Crippen LogP contribution >= 0.6 is 24.0 Å². The quantitative estimate of drug-likeness (QED) is 0.186. The van der Waals surface area contributed by atoms with Crippen LogP contribution in [0.15, 0.2) is 17.4 Å². The average molecular weight is 519 g/mol. The van der Waals surface area contributed by atoms with Crippen LogP contribution in [-0.4, -0.2) is 63.7 Å². The van der Waals surface area contributed by atoms with E-state index in [0.29, 0.717) is 31.5 Å². The molecule has 2 heterocycles. The van der Waals surface area contributed by atoms with Crippen molar-refractivity contribution in [1.29, 1.82) is 0 Å². The van der Waals surface area contributed by atoms with Crippen LogP contribution in [0.25, 0.3) is 0 Å². The van der Waals surface area contributed by atoms with Gasteiger partial charge in [0, 0.05) is 31.6 Å². The lowest BCUT2D eigenvalue weighted by molar-refractivity contribution is -0.385. The molecule has 1 saturated heterocycles. The molecule has 2 N–H and O–H groups in total. The smallest absolute Gasteiger partial charge is 0.306 e. The van der Waals surface area contributed by atoms with E-state index in [-0.39, 0.29) is 41.6 Å². The van der Waals surface area contributed by atoms with E-state index in [2.05, 4.69) is 20.7 Å². The molecule has 0 radical (unpaired) electrons. The molecule has 0 bridgehead atoms. The van der Waals surface area contributed by atoms with Crippen molar-refractivity contribution in [2.24, 2.45) is 10.9 Å². The van der Waals surface area contributed by atoms with Crippen LogP contribution in [0.3, 0.4) is 0 Å². The summed E-state index contributed by atoms with van der Waals surface area (Å²) in [6.45, 7) is 5.15. The van der Waals surface area contributed by atoms with E-state index in [1.165, 1.54) is 29.9 Å². The summed E-state index contributed by atoms with van der Waals surface area (Å²) in [4.78, 5) is 29.3. The first-order valence-electron chi connectivity index (χ1n) is 10.1. The number of hydrogen-bond donors (Lipinski definition) is 2. The minimum atomic E-state index is -0.461. The Balaban J connectivity index is 0.00000300. The summed E-state index contributed by atoms with van der Waals surface area (Å²) >= 11 is 0. The van der Waals surface area contributed by atoms with Crippen LogP contribution in [-0.2, 0) is 11.3 Å². The highest BCUT2D eigenvalue weighted by molar-refractivity contribution is 14.0. The molecule has 1 saturated carbocycles. The Hall–Kier alpha value is -1.92. The van der Waals surface area contributed by atoms with E-state index in [1.807, 2.05) is 11.8 Å². The van der Waals surface area contributed by atoms with Gasteiger partial charge in [0.2, 0.25) is 5.91 Å². The van der Waals surface area contributed by atoms with Crippen molar-refractivity contribution in [3.05, 3.63) is 22.5 Å². The lowest BCUT2D eigenvalue weighted by Gasteiger charge is -2.21. The first-order valence-corrected chi connectivity index (χ1v) is 10.1. The highest BCUT2D eigenvalue weighted by Crippen LogP contribution is 2.27. The highest BCUT2D eigenvalue weighted by Gasteiger charge is 2.32. The fourth-order valence-electron chi connectivity index (χ4n) is 3.86. The topological polar surface area (TPSA) is 118 Å². The van der Waals surface area contributed by atoms with Gasteiger partial charge in [-0.2, -0.15) is 5.10 Å². The van der Waals surface area contributed by atoms with Gasteiger partial charge in [0.15, 0.2) is 5.96 Å². The molecule has 1 aromatic heterocycles. The van der Waals surface area contributed by atoms with Crippen LogP contribution < -0.4 is 10.6 Å². The van der Waals surface area contributed by atoms with Gasteiger partial charge in [0.25, 0.3) is 0 Å². The normalized spacial score (nSPS) is 19.8. The Kier molecular flexibility index (Phi) is 9.11. The molecule has 1 aliphatic carbocycles. The summed E-state index contributed by atoms with van der Waals surface area (Å²) < 4.78 is 1.52. The van der Waals surface area contributed by atoms with Crippen LogP contribution in [0, 0.1) is 16.0 Å². The van der Waals surface area contributed by atoms with Crippen LogP contribution in [0.1, 0.15) is 39.0 Å². The number of nitrogens with zero attached hydrogens (tertiary/aromatic N) is 5. The number of aliphatic imine (C=N–C) groups is 1. The molecule has 1 unspecified atom stereocenters. The first-order chi connectivity index (χ1) is 13.6. The summed E-state index contributed by atoms with van der Waals surface area (Å²) in [5, 5.41) is 21.3. The maximum atomic E-state index is 12.6. The fourth-order valence-corrected chi connectivity index (χ4v) is 3.86. The SMILES string of the molecule is CCNC(=NCCn1cc([N+](=O)[O-])cn1)NC1CCN(C(=O)C2CCCC2)C1.I. The highest BCUT2D eigenvalue weighted by atomic mass is 127. The number of amides is 1. The minimum Gasteiger partial charge on any atom is -0.357 e. The molecule has 1 amide bonds. The van der Waals surface area contributed by atoms with Crippen molar-refractivity contribution in [3.8, 4) is 0 Å². The zero-order valence-electron chi connectivity index (χ0n) is 16.7. The Morgan fingerprint density at radius 3 is 2.79 bits per heavy atom. The van der Waals surface area contributed by atoms with Gasteiger partial charge in [-0.05, 0) is 26.2 Å². The second kappa shape index (κ2) is 11.3. The zero-order valence-corrected chi connectivity index (χ0v) is 19.1. The second-order valence-corrected chi connectivity index (χ2v) is 7.37. The molecule has 1 aromatic rings. The molecular formula is C18H30IN7O3. The number of carbonyl (C=O) groups excluding carboxylic acids is 1. The molecule has 2 aliphatic rings. The molecule has 2 fully saturated rings. The summed E-state index contributed by atoms with van der Waals surface area (Å²) in [5.41, 5.74) is -0.0213. The van der Waals surface area contributed by atoms with E-state index < -0.39 is 4.92 Å². The van der Waals surface area contributed by atoms with Crippen molar-refractivity contribution >= 4 is 41.5 Å². The van der Waals surface area contributed by atoms with Crippen LogP contribution in [0.5, 0.6) is 0 Å². The maximum absolute atomic E-state index is 12.6. The van der Waals surface area contributed by atoms with Crippen LogP contribution in [0.4, 0.5) is 5.69 Å². The van der Waals surface area contributed by atoms with Crippen molar-refractivity contribution in [2.75, 3.05) is 26.2 Å². The molecule has 162 valence electrons. The standard InChI is InChI=1S/C18H29N7O3.HI/c1-2-19-18(20-8-10-24-13-16(11-21-24)25(27)28)22-15-7-9-23(12-15)17(26)14-5-3-4-6-14;/h11,13-15H,2-10,12H2,1H3,(H2,19,20,22);1H. The van der Waals surface area contributed by atoms with E-state index in [1.54, 1.807) is 0 Å². The molecule has 29 heavy (non-hydrogen) atoms. The van der Waals surface area contributed by atoms with Crippen LogP contribution in [0.2, 0.25) is 0 Å². The van der Waals surface area contributed by atoms with Crippen molar-refractivity contribution in [1.82, 2.24) is 25.3 Å². The number of halogens is 1. The zero-order chi connectivity index (χ0) is 19.9. The summed E-state index contributed by atoms with van der Waals surface area (Å²) in [6, 6.07) is 0.189. The number of nitrogens with one attached hydrogen (secondary N) is 2. The van der Waals surface area contributed by atoms with Gasteiger partial charge in [-0.3, -0.25) is 24.6 Å². The number of rotatable bonds is 7. The number of aromatic nitrogens is 2. The van der Waals surface area contributed by atoms with Crippen molar-refractivity contribution in [3.63, 3.8) is 0 Å². The molecule has 0 aromatic carbocycles. The Bertz CT molecular complexity index is 718. The Labute approximate surface area is 187 Å². The van der Waals surface area contributed by atoms with Gasteiger partial charge in [-0.1, -0.05) is 12.8 Å². The molecule has 10 nitrogen and oxygen atoms in total.